The number of carboxylic acids is 1. The van der Waals surface area contributed by atoms with Gasteiger partial charge in [-0.15, -0.1) is 0 Å². The average molecular weight is 332 g/mol. The van der Waals surface area contributed by atoms with Gasteiger partial charge < -0.3 is 10.4 Å². The number of benzene rings is 1. The van der Waals surface area contributed by atoms with E-state index in [-0.39, 0.29) is 22.8 Å². The molecule has 0 aliphatic rings. The van der Waals surface area contributed by atoms with Crippen molar-refractivity contribution in [2.24, 2.45) is 5.41 Å². The van der Waals surface area contributed by atoms with Gasteiger partial charge in [-0.1, -0.05) is 44.0 Å². The maximum Gasteiger partial charge on any atom is 0.305 e. The number of carboxylic acid groups (broad SMARTS) is 1. The van der Waals surface area contributed by atoms with Crippen molar-refractivity contribution in [3.63, 3.8) is 0 Å². The second-order valence-electron chi connectivity index (χ2n) is 6.16. The van der Waals surface area contributed by atoms with Gasteiger partial charge in [0.2, 0.25) is 0 Å². The van der Waals surface area contributed by atoms with Crippen molar-refractivity contribution in [3.8, 4) is 0 Å². The maximum atomic E-state index is 12.2. The number of rotatable bonds is 5. The van der Waals surface area contributed by atoms with Crippen LogP contribution in [0.2, 0.25) is 10.0 Å². The first-order valence-corrected chi connectivity index (χ1v) is 7.32. The fourth-order valence-electron chi connectivity index (χ4n) is 2.03. The quantitative estimate of drug-likeness (QED) is 0.856. The molecule has 6 heteroatoms. The fourth-order valence-corrected chi connectivity index (χ4v) is 2.33. The molecular weight excluding hydrogens is 313 g/mol. The standard InChI is InChI=1S/C15H19Cl2NO3/c1-15(2,3)8-10(7-13(19)20)18-14(21)9-4-5-11(16)12(17)6-9/h4-6,10H,7-8H2,1-3H3,(H,18,21)(H,19,20). The lowest BCUT2D eigenvalue weighted by atomic mass is 9.87. The largest absolute Gasteiger partial charge is 0.481 e. The van der Waals surface area contributed by atoms with Crippen LogP contribution in [0.1, 0.15) is 44.0 Å². The summed E-state index contributed by atoms with van der Waals surface area (Å²) in [6.07, 6.45) is 0.441. The number of hydrogen-bond acceptors (Lipinski definition) is 2. The average Bonchev–Trinajstić information content (AvgIpc) is 2.29. The first-order chi connectivity index (χ1) is 9.58. The zero-order valence-corrected chi connectivity index (χ0v) is 13.8. The molecule has 1 unspecified atom stereocenters. The summed E-state index contributed by atoms with van der Waals surface area (Å²) in [6.45, 7) is 5.98. The lowest BCUT2D eigenvalue weighted by molar-refractivity contribution is -0.137. The minimum absolute atomic E-state index is 0.0922. The Morgan fingerprint density at radius 1 is 1.24 bits per heavy atom. The second kappa shape index (κ2) is 7.14. The molecule has 0 aliphatic heterocycles. The van der Waals surface area contributed by atoms with Gasteiger partial charge in [-0.25, -0.2) is 0 Å². The van der Waals surface area contributed by atoms with Gasteiger partial charge in [0.15, 0.2) is 0 Å². The molecule has 116 valence electrons. The molecule has 2 N–H and O–H groups in total. The van der Waals surface area contributed by atoms with Crippen LogP contribution in [0.4, 0.5) is 0 Å². The monoisotopic (exact) mass is 331 g/mol. The Hall–Kier alpha value is -1.26. The van der Waals surface area contributed by atoms with Crippen LogP contribution in [-0.2, 0) is 4.79 Å². The van der Waals surface area contributed by atoms with Crippen LogP contribution < -0.4 is 5.32 Å². The molecule has 1 aromatic carbocycles. The zero-order valence-electron chi connectivity index (χ0n) is 12.2. The van der Waals surface area contributed by atoms with Crippen molar-refractivity contribution in [1.29, 1.82) is 0 Å². The highest BCUT2D eigenvalue weighted by Gasteiger charge is 2.23. The number of carbonyl (C=O) groups is 2. The van der Waals surface area contributed by atoms with Crippen LogP contribution in [0, 0.1) is 5.41 Å². The van der Waals surface area contributed by atoms with Gasteiger partial charge in [0, 0.05) is 11.6 Å². The molecule has 0 radical (unpaired) electrons. The molecule has 0 spiro atoms. The molecule has 0 heterocycles. The highest BCUT2D eigenvalue weighted by Crippen LogP contribution is 2.24. The minimum Gasteiger partial charge on any atom is -0.481 e. The van der Waals surface area contributed by atoms with E-state index in [0.29, 0.717) is 17.0 Å². The molecular formula is C15H19Cl2NO3. The Labute approximate surface area is 134 Å². The normalized spacial score (nSPS) is 12.8. The molecule has 4 nitrogen and oxygen atoms in total. The molecule has 1 rings (SSSR count). The molecule has 21 heavy (non-hydrogen) atoms. The van der Waals surface area contributed by atoms with Gasteiger partial charge in [-0.05, 0) is 30.0 Å². The third-order valence-electron chi connectivity index (χ3n) is 2.80. The number of amides is 1. The molecule has 1 aromatic rings. The van der Waals surface area contributed by atoms with Crippen molar-refractivity contribution < 1.29 is 14.7 Å². The van der Waals surface area contributed by atoms with Crippen LogP contribution in [0.3, 0.4) is 0 Å². The summed E-state index contributed by atoms with van der Waals surface area (Å²) < 4.78 is 0. The van der Waals surface area contributed by atoms with Crippen molar-refractivity contribution in [2.45, 2.75) is 39.7 Å². The Bertz CT molecular complexity index is 538. The summed E-state index contributed by atoms with van der Waals surface area (Å²) in [5.74, 6) is -1.30. The predicted molar refractivity (Wildman–Crippen MR) is 84.0 cm³/mol. The van der Waals surface area contributed by atoms with Crippen molar-refractivity contribution in [2.75, 3.05) is 0 Å². The number of aliphatic carboxylic acids is 1. The lowest BCUT2D eigenvalue weighted by Crippen LogP contribution is -2.39. The van der Waals surface area contributed by atoms with Gasteiger partial charge in [0.25, 0.3) is 5.91 Å². The molecule has 0 fully saturated rings. The van der Waals surface area contributed by atoms with E-state index in [0.717, 1.165) is 0 Å². The first kappa shape index (κ1) is 17.8. The van der Waals surface area contributed by atoms with E-state index in [2.05, 4.69) is 5.32 Å². The number of halogens is 2. The molecule has 0 bridgehead atoms. The summed E-state index contributed by atoms with van der Waals surface area (Å²) >= 11 is 11.7. The smallest absolute Gasteiger partial charge is 0.305 e. The first-order valence-electron chi connectivity index (χ1n) is 6.56. The van der Waals surface area contributed by atoms with Gasteiger partial charge in [-0.2, -0.15) is 0 Å². The van der Waals surface area contributed by atoms with E-state index in [1.165, 1.54) is 12.1 Å². The van der Waals surface area contributed by atoms with Crippen LogP contribution in [0.15, 0.2) is 18.2 Å². The maximum absolute atomic E-state index is 12.2. The summed E-state index contributed by atoms with van der Waals surface area (Å²) in [7, 11) is 0. The summed E-state index contributed by atoms with van der Waals surface area (Å²) in [6, 6.07) is 4.12. The SMILES string of the molecule is CC(C)(C)CC(CC(=O)O)NC(=O)c1ccc(Cl)c(Cl)c1. The second-order valence-corrected chi connectivity index (χ2v) is 6.98. The molecule has 0 aromatic heterocycles. The van der Waals surface area contributed by atoms with E-state index in [1.807, 2.05) is 20.8 Å². The van der Waals surface area contributed by atoms with Gasteiger partial charge in [0.1, 0.15) is 0 Å². The molecule has 1 atom stereocenters. The molecule has 0 saturated carbocycles. The van der Waals surface area contributed by atoms with Gasteiger partial charge >= 0.3 is 5.97 Å². The predicted octanol–water partition coefficient (Wildman–Crippen LogP) is 4.00. The third kappa shape index (κ3) is 6.36. The number of nitrogens with one attached hydrogen (secondary N) is 1. The van der Waals surface area contributed by atoms with E-state index >= 15 is 0 Å². The van der Waals surface area contributed by atoms with Crippen LogP contribution >= 0.6 is 23.2 Å². The third-order valence-corrected chi connectivity index (χ3v) is 3.54. The Morgan fingerprint density at radius 3 is 2.33 bits per heavy atom. The van der Waals surface area contributed by atoms with Crippen molar-refractivity contribution in [1.82, 2.24) is 5.32 Å². The summed E-state index contributed by atoms with van der Waals surface area (Å²) in [5.41, 5.74) is 0.263. The topological polar surface area (TPSA) is 66.4 Å². The van der Waals surface area contributed by atoms with Crippen LogP contribution in [0.5, 0.6) is 0 Å². The summed E-state index contributed by atoms with van der Waals surface area (Å²) in [4.78, 5) is 23.1. The zero-order chi connectivity index (χ0) is 16.2. The van der Waals surface area contributed by atoms with Gasteiger partial charge in [-0.3, -0.25) is 9.59 Å². The summed E-state index contributed by atoms with van der Waals surface area (Å²) in [5, 5.41) is 12.4. The van der Waals surface area contributed by atoms with E-state index in [9.17, 15) is 9.59 Å². The Morgan fingerprint density at radius 2 is 1.86 bits per heavy atom. The Balaban J connectivity index is 2.83. The number of carbonyl (C=O) groups excluding carboxylic acids is 1. The van der Waals surface area contributed by atoms with Crippen molar-refractivity contribution >= 4 is 35.1 Å². The van der Waals surface area contributed by atoms with Crippen LogP contribution in [-0.4, -0.2) is 23.0 Å². The Kier molecular flexibility index (Phi) is 6.05. The van der Waals surface area contributed by atoms with E-state index < -0.39 is 12.0 Å². The minimum atomic E-state index is -0.946. The number of hydrogen-bond donors (Lipinski definition) is 2. The molecule has 0 aliphatic carbocycles. The van der Waals surface area contributed by atoms with Crippen molar-refractivity contribution in [3.05, 3.63) is 33.8 Å². The lowest BCUT2D eigenvalue weighted by Gasteiger charge is -2.25. The van der Waals surface area contributed by atoms with E-state index in [1.54, 1.807) is 6.07 Å². The van der Waals surface area contributed by atoms with E-state index in [4.69, 9.17) is 28.3 Å². The highest BCUT2D eigenvalue weighted by atomic mass is 35.5. The molecule has 1 amide bonds. The van der Waals surface area contributed by atoms with Crippen LogP contribution in [0.25, 0.3) is 0 Å². The fraction of sp³-hybridized carbons (Fsp3) is 0.467. The van der Waals surface area contributed by atoms with Gasteiger partial charge in [0.05, 0.1) is 16.5 Å². The molecule has 0 saturated heterocycles. The highest BCUT2D eigenvalue weighted by molar-refractivity contribution is 6.42.